The van der Waals surface area contributed by atoms with Gasteiger partial charge in [-0.05, 0) is 59.5 Å². The Bertz CT molecular complexity index is 2040. The van der Waals surface area contributed by atoms with Crippen molar-refractivity contribution in [1.29, 1.82) is 0 Å². The number of carbonyl (C=O) groups is 2. The van der Waals surface area contributed by atoms with Gasteiger partial charge < -0.3 is 19.1 Å². The van der Waals surface area contributed by atoms with Crippen LogP contribution in [0, 0.1) is 29.1 Å². The van der Waals surface area contributed by atoms with Gasteiger partial charge in [0.25, 0.3) is 14.2 Å². The molecule has 0 spiro atoms. The van der Waals surface area contributed by atoms with Gasteiger partial charge in [-0.2, -0.15) is 4.62 Å². The predicted molar refractivity (Wildman–Crippen MR) is 195 cm³/mol. The van der Waals surface area contributed by atoms with E-state index in [-0.39, 0.29) is 30.0 Å². The fraction of sp³-hybridized carbons (Fsp3) is 0.389. The van der Waals surface area contributed by atoms with E-state index in [0.717, 1.165) is 26.0 Å². The Morgan fingerprint density at radius 2 is 1.61 bits per heavy atom. The molecule has 5 rings (SSSR count). The zero-order valence-electron chi connectivity index (χ0n) is 29.2. The first-order valence-corrected chi connectivity index (χ1v) is 21.7. The summed E-state index contributed by atoms with van der Waals surface area (Å²) in [5.74, 6) is 11.1. The average Bonchev–Trinajstić information content (AvgIpc) is 3.62. The second-order valence-corrected chi connectivity index (χ2v) is 22.2. The van der Waals surface area contributed by atoms with Gasteiger partial charge in [0.2, 0.25) is 0 Å². The van der Waals surface area contributed by atoms with Crippen LogP contribution in [0.1, 0.15) is 58.2 Å². The molecule has 2 amide bonds. The van der Waals surface area contributed by atoms with Crippen LogP contribution in [-0.2, 0) is 34.8 Å². The molecule has 2 aromatic carbocycles. The molecule has 3 N–H and O–H groups in total. The van der Waals surface area contributed by atoms with Crippen molar-refractivity contribution in [1.82, 2.24) is 14.9 Å². The summed E-state index contributed by atoms with van der Waals surface area (Å²) in [6.45, 7) is 8.35. The van der Waals surface area contributed by atoms with Crippen molar-refractivity contribution < 1.29 is 41.4 Å². The monoisotopic (exact) mass is 751 g/mol. The molecule has 1 atom stereocenters. The molecule has 0 unspecified atom stereocenters. The Hall–Kier alpha value is -3.98. The molecule has 0 saturated heterocycles. The highest BCUT2D eigenvalue weighted by Crippen LogP contribution is 2.47. The minimum absolute atomic E-state index is 0.127. The summed E-state index contributed by atoms with van der Waals surface area (Å²) in [6.07, 6.45) is 3.90. The third kappa shape index (κ3) is 8.24. The Morgan fingerprint density at radius 1 is 1.02 bits per heavy atom. The van der Waals surface area contributed by atoms with Gasteiger partial charge in [0.1, 0.15) is 0 Å². The van der Waals surface area contributed by atoms with Crippen LogP contribution in [0.15, 0.2) is 72.9 Å². The van der Waals surface area contributed by atoms with Crippen molar-refractivity contribution >= 4 is 48.3 Å². The number of nitrogens with one attached hydrogen (secondary N) is 1. The summed E-state index contributed by atoms with van der Waals surface area (Å²) >= 11 is 0. The standard InChI is InChI=1S/C36H42N3O9PSSi/c1-34(2,3)51(30-15-8-6-9-16-30,31-17-10-7-11-18-31)47-27-36(20-21-36)19-13-12-14-28-24-29-26-38(33(41)39(29)25-28)23-22-35(4,50(5,45)46)32(40)37-48-49(42,43)44/h6-11,15-18,24-25H,20-23,26-27H2,1-5H3,(H,37,40)(H2,42,43,44)/t35-/m1/s1. The summed E-state index contributed by atoms with van der Waals surface area (Å²) < 4.78 is 46.4. The molecule has 1 fully saturated rings. The minimum atomic E-state index is -5.10. The van der Waals surface area contributed by atoms with Gasteiger partial charge in [-0.1, -0.05) is 93.3 Å². The van der Waals surface area contributed by atoms with E-state index in [2.05, 4.69) is 97.6 Å². The van der Waals surface area contributed by atoms with Crippen molar-refractivity contribution in [2.24, 2.45) is 5.41 Å². The lowest BCUT2D eigenvalue weighted by Gasteiger charge is -2.43. The third-order valence-corrected chi connectivity index (χ3v) is 16.9. The first-order valence-electron chi connectivity index (χ1n) is 16.3. The number of hydroxylamine groups is 1. The number of aromatic nitrogens is 1. The SMILES string of the molecule is CC(C)(C)[Si](OCC1(C#CC#Cc2cc3n(c2)C(=O)N(CC[C@](C)(C(=O)NOP(=O)(O)O)S(C)(=O)=O)C3)CC1)(c1ccccc1)c1ccccc1. The van der Waals surface area contributed by atoms with E-state index in [1.807, 2.05) is 12.1 Å². The van der Waals surface area contributed by atoms with Crippen LogP contribution in [-0.4, -0.2) is 72.1 Å². The van der Waals surface area contributed by atoms with Crippen LogP contribution in [0.5, 0.6) is 0 Å². The highest BCUT2D eigenvalue weighted by molar-refractivity contribution is 7.92. The van der Waals surface area contributed by atoms with E-state index in [1.54, 1.807) is 12.3 Å². The fourth-order valence-electron chi connectivity index (χ4n) is 6.22. The summed E-state index contributed by atoms with van der Waals surface area (Å²) in [5.41, 5.74) is 2.47. The Labute approximate surface area is 299 Å². The van der Waals surface area contributed by atoms with Crippen LogP contribution in [0.3, 0.4) is 0 Å². The largest absolute Gasteiger partial charge is 0.491 e. The van der Waals surface area contributed by atoms with Gasteiger partial charge in [-0.15, -0.1) is 0 Å². The molecule has 1 aliphatic heterocycles. The van der Waals surface area contributed by atoms with Crippen molar-refractivity contribution in [2.75, 3.05) is 19.4 Å². The number of hydrogen-bond donors (Lipinski definition) is 3. The molecule has 15 heteroatoms. The van der Waals surface area contributed by atoms with Crippen LogP contribution in [0.4, 0.5) is 4.79 Å². The predicted octanol–water partition coefficient (Wildman–Crippen LogP) is 3.32. The molecule has 1 aromatic heterocycles. The molecular weight excluding hydrogens is 710 g/mol. The summed E-state index contributed by atoms with van der Waals surface area (Å²) in [6, 6.07) is 22.3. The molecular formula is C36H42N3O9PSSi. The van der Waals surface area contributed by atoms with Crippen molar-refractivity contribution in [3.8, 4) is 23.7 Å². The molecule has 1 saturated carbocycles. The second-order valence-electron chi connectivity index (χ2n) is 14.3. The van der Waals surface area contributed by atoms with Gasteiger partial charge in [0, 0.05) is 30.3 Å². The van der Waals surface area contributed by atoms with Gasteiger partial charge >= 0.3 is 13.9 Å². The highest BCUT2D eigenvalue weighted by atomic mass is 32.2. The first-order chi connectivity index (χ1) is 23.8. The molecule has 12 nitrogen and oxygen atoms in total. The number of nitrogens with zero attached hydrogens (tertiary/aromatic N) is 2. The number of hydrogen-bond acceptors (Lipinski definition) is 7. The smallest absolute Gasteiger partial charge is 0.406 e. The van der Waals surface area contributed by atoms with Crippen molar-refractivity contribution in [3.05, 3.63) is 84.2 Å². The molecule has 1 aliphatic carbocycles. The normalized spacial score (nSPS) is 16.6. The van der Waals surface area contributed by atoms with E-state index in [1.165, 1.54) is 25.3 Å². The van der Waals surface area contributed by atoms with E-state index in [9.17, 15) is 22.6 Å². The Balaban J connectivity index is 1.25. The lowest BCUT2D eigenvalue weighted by Crippen LogP contribution is -2.67. The Morgan fingerprint density at radius 3 is 2.10 bits per heavy atom. The Kier molecular flexibility index (Phi) is 10.7. The number of amides is 2. The summed E-state index contributed by atoms with van der Waals surface area (Å²) in [4.78, 5) is 44.8. The number of rotatable bonds is 12. The quantitative estimate of drug-likeness (QED) is 0.109. The van der Waals surface area contributed by atoms with Gasteiger partial charge in [0.15, 0.2) is 14.6 Å². The number of fused-ring (bicyclic) bond motifs is 1. The van der Waals surface area contributed by atoms with Crippen LogP contribution >= 0.6 is 7.82 Å². The first kappa shape index (κ1) is 38.3. The molecule has 3 aromatic rings. The zero-order chi connectivity index (χ0) is 37.3. The maximum Gasteiger partial charge on any atom is 0.491 e. The second kappa shape index (κ2) is 14.2. The summed E-state index contributed by atoms with van der Waals surface area (Å²) in [7, 11) is -11.9. The van der Waals surface area contributed by atoms with Crippen molar-refractivity contribution in [3.63, 3.8) is 0 Å². The van der Waals surface area contributed by atoms with E-state index < -0.39 is 42.7 Å². The molecule has 270 valence electrons. The molecule has 0 radical (unpaired) electrons. The van der Waals surface area contributed by atoms with Crippen LogP contribution in [0.25, 0.3) is 0 Å². The zero-order valence-corrected chi connectivity index (χ0v) is 31.9. The van der Waals surface area contributed by atoms with Gasteiger partial charge in [-0.3, -0.25) is 9.36 Å². The van der Waals surface area contributed by atoms with E-state index >= 15 is 0 Å². The minimum Gasteiger partial charge on any atom is -0.406 e. The maximum atomic E-state index is 13.1. The average molecular weight is 752 g/mol. The van der Waals surface area contributed by atoms with E-state index in [0.29, 0.717) is 17.9 Å². The molecule has 2 aliphatic rings. The van der Waals surface area contributed by atoms with Crippen LogP contribution in [0.2, 0.25) is 5.04 Å². The number of carbonyl (C=O) groups excluding carboxylic acids is 2. The summed E-state index contributed by atoms with van der Waals surface area (Å²) in [5, 5.41) is 2.28. The number of benzene rings is 2. The van der Waals surface area contributed by atoms with Crippen molar-refractivity contribution in [2.45, 2.75) is 63.3 Å². The topological polar surface area (TPSA) is 164 Å². The molecule has 51 heavy (non-hydrogen) atoms. The third-order valence-electron chi connectivity index (χ3n) is 9.58. The van der Waals surface area contributed by atoms with E-state index in [4.69, 9.17) is 14.2 Å². The van der Waals surface area contributed by atoms with Gasteiger partial charge in [0.05, 0.1) is 18.6 Å². The number of phosphoric acid groups is 1. The number of sulfone groups is 1. The molecule has 2 heterocycles. The van der Waals surface area contributed by atoms with Gasteiger partial charge in [-0.25, -0.2) is 23.3 Å². The molecule has 0 bridgehead atoms. The highest BCUT2D eigenvalue weighted by Gasteiger charge is 2.53. The van der Waals surface area contributed by atoms with Crippen LogP contribution < -0.4 is 15.9 Å². The lowest BCUT2D eigenvalue weighted by atomic mass is 10.1. The maximum absolute atomic E-state index is 13.1. The fourth-order valence-corrected chi connectivity index (χ4v) is 11.9. The lowest BCUT2D eigenvalue weighted by molar-refractivity contribution is -0.131.